The van der Waals surface area contributed by atoms with Crippen LogP contribution in [0.25, 0.3) is 0 Å². The number of nitrogens with zero attached hydrogens (tertiary/aromatic N) is 3. The van der Waals surface area contributed by atoms with E-state index < -0.39 is 11.9 Å². The quantitative estimate of drug-likeness (QED) is 0.432. The van der Waals surface area contributed by atoms with Gasteiger partial charge in [0.1, 0.15) is 11.6 Å². The Bertz CT molecular complexity index is 759. The lowest BCUT2D eigenvalue weighted by molar-refractivity contribution is -0.137. The fourth-order valence-electron chi connectivity index (χ4n) is 3.03. The molecular weight excluding hydrogens is 344 g/mol. The van der Waals surface area contributed by atoms with Crippen LogP contribution in [0.4, 0.5) is 5.69 Å². The van der Waals surface area contributed by atoms with E-state index in [0.717, 1.165) is 26.2 Å². The molecule has 1 aliphatic rings. The summed E-state index contributed by atoms with van der Waals surface area (Å²) in [7, 11) is 0. The van der Waals surface area contributed by atoms with Crippen LogP contribution in [0.3, 0.4) is 0 Å². The average Bonchev–Trinajstić information content (AvgIpc) is 2.65. The highest BCUT2D eigenvalue weighted by Crippen LogP contribution is 2.24. The zero-order chi connectivity index (χ0) is 19.8. The van der Waals surface area contributed by atoms with E-state index in [1.54, 1.807) is 6.20 Å². The molecule has 0 unspecified atom stereocenters. The zero-order valence-electron chi connectivity index (χ0n) is 15.9. The molecule has 0 bridgehead atoms. The first-order valence-electron chi connectivity index (χ1n) is 9.09. The topological polar surface area (TPSA) is 96.7 Å². The molecule has 0 radical (unpaired) electrons. The summed E-state index contributed by atoms with van der Waals surface area (Å²) in [5.41, 5.74) is 3.82. The van der Waals surface area contributed by atoms with E-state index in [2.05, 4.69) is 42.3 Å². The molecule has 7 nitrogen and oxygen atoms in total. The van der Waals surface area contributed by atoms with Crippen LogP contribution in [-0.2, 0) is 9.59 Å². The summed E-state index contributed by atoms with van der Waals surface area (Å²) in [4.78, 5) is 26.9. The van der Waals surface area contributed by atoms with Crippen molar-refractivity contribution in [2.45, 2.75) is 26.7 Å². The number of carbonyl (C=O) groups is 2. The number of anilines is 1. The van der Waals surface area contributed by atoms with Crippen LogP contribution in [0.15, 0.2) is 30.0 Å². The average molecular weight is 370 g/mol. The van der Waals surface area contributed by atoms with Gasteiger partial charge in [0, 0.05) is 51.0 Å². The summed E-state index contributed by atoms with van der Waals surface area (Å²) in [5, 5.41) is 20.5. The molecule has 0 saturated carbocycles. The van der Waals surface area contributed by atoms with Gasteiger partial charge >= 0.3 is 5.97 Å². The SMILES string of the molecule is Cc1cccc(N2CCN(/C=C(/C#N)C(=O)NCCCC(=O)O)CC2)c1C. The third-order valence-corrected chi connectivity index (χ3v) is 4.76. The summed E-state index contributed by atoms with van der Waals surface area (Å²) in [6.07, 6.45) is 1.94. The molecule has 7 heteroatoms. The van der Waals surface area contributed by atoms with Crippen LogP contribution in [0.2, 0.25) is 0 Å². The summed E-state index contributed by atoms with van der Waals surface area (Å²) >= 11 is 0. The predicted octanol–water partition coefficient (Wildman–Crippen LogP) is 1.81. The molecule has 0 aliphatic carbocycles. The van der Waals surface area contributed by atoms with E-state index in [1.165, 1.54) is 16.8 Å². The lowest BCUT2D eigenvalue weighted by Gasteiger charge is -2.36. The van der Waals surface area contributed by atoms with E-state index in [1.807, 2.05) is 11.0 Å². The van der Waals surface area contributed by atoms with Gasteiger partial charge in [0.2, 0.25) is 0 Å². The van der Waals surface area contributed by atoms with E-state index in [-0.39, 0.29) is 18.5 Å². The second-order valence-electron chi connectivity index (χ2n) is 6.65. The fourth-order valence-corrected chi connectivity index (χ4v) is 3.03. The van der Waals surface area contributed by atoms with Crippen molar-refractivity contribution in [2.75, 3.05) is 37.6 Å². The minimum Gasteiger partial charge on any atom is -0.481 e. The smallest absolute Gasteiger partial charge is 0.303 e. The lowest BCUT2D eigenvalue weighted by Crippen LogP contribution is -2.44. The van der Waals surface area contributed by atoms with E-state index in [4.69, 9.17) is 5.11 Å². The molecule has 1 aromatic rings. The summed E-state index contributed by atoms with van der Waals surface area (Å²) in [6, 6.07) is 8.23. The van der Waals surface area contributed by atoms with Crippen molar-refractivity contribution in [1.82, 2.24) is 10.2 Å². The van der Waals surface area contributed by atoms with Crippen LogP contribution in [0.1, 0.15) is 24.0 Å². The maximum absolute atomic E-state index is 12.1. The zero-order valence-corrected chi connectivity index (χ0v) is 15.9. The van der Waals surface area contributed by atoms with Gasteiger partial charge < -0.3 is 20.2 Å². The molecule has 1 amide bonds. The van der Waals surface area contributed by atoms with Gasteiger partial charge in [0.05, 0.1) is 0 Å². The highest BCUT2D eigenvalue weighted by molar-refractivity contribution is 5.97. The summed E-state index contributed by atoms with van der Waals surface area (Å²) in [6.45, 7) is 7.56. The highest BCUT2D eigenvalue weighted by atomic mass is 16.4. The van der Waals surface area contributed by atoms with E-state index in [0.29, 0.717) is 6.42 Å². The molecule has 0 atom stereocenters. The molecule has 2 N–H and O–H groups in total. The second kappa shape index (κ2) is 9.62. The van der Waals surface area contributed by atoms with Gasteiger partial charge in [-0.2, -0.15) is 5.26 Å². The summed E-state index contributed by atoms with van der Waals surface area (Å²) < 4.78 is 0. The van der Waals surface area contributed by atoms with Gasteiger partial charge in [0.15, 0.2) is 0 Å². The standard InChI is InChI=1S/C20H26N4O3/c1-15-5-3-6-18(16(15)2)24-11-9-23(10-12-24)14-17(13-21)20(27)22-8-4-7-19(25)26/h3,5-6,14H,4,7-12H2,1-2H3,(H,22,27)(H,25,26)/b17-14-. The maximum atomic E-state index is 12.1. The Morgan fingerprint density at radius 2 is 1.96 bits per heavy atom. The first-order valence-corrected chi connectivity index (χ1v) is 9.09. The number of amides is 1. The number of aryl methyl sites for hydroxylation is 1. The van der Waals surface area contributed by atoms with Crippen molar-refractivity contribution in [3.63, 3.8) is 0 Å². The van der Waals surface area contributed by atoms with Crippen LogP contribution in [0.5, 0.6) is 0 Å². The number of hydrogen-bond acceptors (Lipinski definition) is 5. The molecule has 1 saturated heterocycles. The molecule has 1 fully saturated rings. The number of piperazine rings is 1. The van der Waals surface area contributed by atoms with Crippen LogP contribution >= 0.6 is 0 Å². The van der Waals surface area contributed by atoms with Crippen LogP contribution < -0.4 is 10.2 Å². The lowest BCUT2D eigenvalue weighted by atomic mass is 10.1. The van der Waals surface area contributed by atoms with E-state index in [9.17, 15) is 14.9 Å². The van der Waals surface area contributed by atoms with Crippen molar-refractivity contribution in [1.29, 1.82) is 5.26 Å². The van der Waals surface area contributed by atoms with Crippen molar-refractivity contribution in [3.05, 3.63) is 41.1 Å². The molecule has 2 rings (SSSR count). The fraction of sp³-hybridized carbons (Fsp3) is 0.450. The molecule has 1 aromatic carbocycles. The molecular formula is C20H26N4O3. The largest absolute Gasteiger partial charge is 0.481 e. The minimum absolute atomic E-state index is 0.00772. The molecule has 1 heterocycles. The van der Waals surface area contributed by atoms with Crippen molar-refractivity contribution < 1.29 is 14.7 Å². The van der Waals surface area contributed by atoms with Crippen LogP contribution in [-0.4, -0.2) is 54.6 Å². The number of hydrogen-bond donors (Lipinski definition) is 2. The minimum atomic E-state index is -0.901. The van der Waals surface area contributed by atoms with Gasteiger partial charge in [-0.3, -0.25) is 9.59 Å². The molecule has 0 spiro atoms. The monoisotopic (exact) mass is 370 g/mol. The Labute approximate surface area is 159 Å². The molecule has 144 valence electrons. The Kier molecular flexibility index (Phi) is 7.24. The first kappa shape index (κ1) is 20.3. The predicted molar refractivity (Wildman–Crippen MR) is 103 cm³/mol. The Morgan fingerprint density at radius 3 is 2.59 bits per heavy atom. The van der Waals surface area contributed by atoms with Gasteiger partial charge in [0.25, 0.3) is 5.91 Å². The third-order valence-electron chi connectivity index (χ3n) is 4.76. The number of nitriles is 1. The van der Waals surface area contributed by atoms with Crippen molar-refractivity contribution in [2.24, 2.45) is 0 Å². The molecule has 1 aliphatic heterocycles. The Morgan fingerprint density at radius 1 is 1.26 bits per heavy atom. The van der Waals surface area contributed by atoms with Gasteiger partial charge in [-0.15, -0.1) is 0 Å². The number of nitrogens with one attached hydrogen (secondary N) is 1. The number of benzene rings is 1. The second-order valence-corrected chi connectivity index (χ2v) is 6.65. The van der Waals surface area contributed by atoms with Crippen molar-refractivity contribution in [3.8, 4) is 6.07 Å². The maximum Gasteiger partial charge on any atom is 0.303 e. The number of aliphatic carboxylic acids is 1. The number of carboxylic acids is 1. The highest BCUT2D eigenvalue weighted by Gasteiger charge is 2.19. The molecule has 0 aromatic heterocycles. The Balaban J connectivity index is 1.90. The summed E-state index contributed by atoms with van der Waals surface area (Å²) in [5.74, 6) is -1.36. The number of rotatable bonds is 7. The first-order chi connectivity index (χ1) is 12.9. The Hall–Kier alpha value is -3.01. The van der Waals surface area contributed by atoms with Gasteiger partial charge in [-0.25, -0.2) is 0 Å². The van der Waals surface area contributed by atoms with Gasteiger partial charge in [-0.1, -0.05) is 12.1 Å². The van der Waals surface area contributed by atoms with E-state index >= 15 is 0 Å². The normalized spacial score (nSPS) is 14.6. The molecule has 27 heavy (non-hydrogen) atoms. The third kappa shape index (κ3) is 5.74. The number of carboxylic acid groups (broad SMARTS) is 1. The van der Waals surface area contributed by atoms with Gasteiger partial charge in [-0.05, 0) is 37.5 Å². The number of carbonyl (C=O) groups excluding carboxylic acids is 1. The van der Waals surface area contributed by atoms with Crippen LogP contribution in [0, 0.1) is 25.2 Å². The van der Waals surface area contributed by atoms with Crippen molar-refractivity contribution >= 4 is 17.6 Å².